The number of nitrogens with one attached hydrogen (secondary N) is 2. The molecule has 0 aromatic heterocycles. The number of hydrogen-bond donors (Lipinski definition) is 2. The Morgan fingerprint density at radius 1 is 1.33 bits per heavy atom. The van der Waals surface area contributed by atoms with Crippen LogP contribution in [0.3, 0.4) is 0 Å². The van der Waals surface area contributed by atoms with Gasteiger partial charge in [0, 0.05) is 17.5 Å². The Balaban J connectivity index is 2.47. The molecule has 2 N–H and O–H groups in total. The molecule has 0 heterocycles. The minimum Gasteiger partial charge on any atom is -0.479 e. The predicted octanol–water partition coefficient (Wildman–Crippen LogP) is 1.66. The number of ether oxygens (including phenoxy) is 1. The van der Waals surface area contributed by atoms with Crippen molar-refractivity contribution in [3.63, 3.8) is 0 Å². The van der Waals surface area contributed by atoms with Gasteiger partial charge in [-0.25, -0.2) is 0 Å². The summed E-state index contributed by atoms with van der Waals surface area (Å²) in [6.07, 6.45) is -0.609. The summed E-state index contributed by atoms with van der Waals surface area (Å²) < 4.78 is 5.57. The largest absolute Gasteiger partial charge is 0.479 e. The van der Waals surface area contributed by atoms with E-state index in [2.05, 4.69) is 26.3 Å². The SMILES string of the molecule is C[C@@H](CNC(=O)[C@@H](C)Oc1ccc(Cl)cc1Cl)C[NH+](C)C. The van der Waals surface area contributed by atoms with Gasteiger partial charge in [0.15, 0.2) is 6.10 Å². The Kier molecular flexibility index (Phi) is 7.29. The van der Waals surface area contributed by atoms with E-state index >= 15 is 0 Å². The van der Waals surface area contributed by atoms with Crippen LogP contribution in [0.15, 0.2) is 18.2 Å². The van der Waals surface area contributed by atoms with E-state index in [9.17, 15) is 4.79 Å². The van der Waals surface area contributed by atoms with Crippen LogP contribution in [0.4, 0.5) is 0 Å². The molecule has 4 nitrogen and oxygen atoms in total. The first-order valence-corrected chi connectivity index (χ1v) is 7.73. The van der Waals surface area contributed by atoms with Crippen molar-refractivity contribution in [3.05, 3.63) is 28.2 Å². The summed E-state index contributed by atoms with van der Waals surface area (Å²) in [5.74, 6) is 0.710. The molecule has 0 bridgehead atoms. The first kappa shape index (κ1) is 18.1. The molecule has 6 heteroatoms. The Labute approximate surface area is 136 Å². The van der Waals surface area contributed by atoms with E-state index in [1.165, 1.54) is 4.90 Å². The number of rotatable bonds is 7. The average molecular weight is 334 g/mol. The van der Waals surface area contributed by atoms with E-state index in [1.54, 1.807) is 25.1 Å². The standard InChI is InChI=1S/C15H22Cl2N2O2/c1-10(9-19(3)4)8-18-15(20)11(2)21-14-6-5-12(16)7-13(14)17/h5-7,10-11H,8-9H2,1-4H3,(H,18,20)/p+1/t10-,11+/m0/s1. The molecule has 21 heavy (non-hydrogen) atoms. The van der Waals surface area contributed by atoms with Crippen LogP contribution in [0, 0.1) is 5.92 Å². The van der Waals surface area contributed by atoms with Gasteiger partial charge in [-0.2, -0.15) is 0 Å². The van der Waals surface area contributed by atoms with Crippen LogP contribution in [0.5, 0.6) is 5.75 Å². The van der Waals surface area contributed by atoms with Gasteiger partial charge in [0.05, 0.1) is 25.7 Å². The highest BCUT2D eigenvalue weighted by Crippen LogP contribution is 2.28. The van der Waals surface area contributed by atoms with Gasteiger partial charge in [-0.1, -0.05) is 30.1 Å². The molecule has 0 radical (unpaired) electrons. The van der Waals surface area contributed by atoms with E-state index in [0.29, 0.717) is 28.3 Å². The molecule has 118 valence electrons. The van der Waals surface area contributed by atoms with Crippen molar-refractivity contribution in [2.24, 2.45) is 5.92 Å². The number of quaternary nitrogens is 1. The third kappa shape index (κ3) is 6.55. The second-order valence-corrected chi connectivity index (χ2v) is 6.44. The number of benzene rings is 1. The molecule has 0 aliphatic heterocycles. The normalized spacial score (nSPS) is 13.9. The summed E-state index contributed by atoms with van der Waals surface area (Å²) in [7, 11) is 4.18. The van der Waals surface area contributed by atoms with E-state index in [1.807, 2.05) is 0 Å². The lowest BCUT2D eigenvalue weighted by Crippen LogP contribution is -3.06. The summed E-state index contributed by atoms with van der Waals surface area (Å²) >= 11 is 11.8. The van der Waals surface area contributed by atoms with Crippen molar-refractivity contribution in [1.29, 1.82) is 0 Å². The molecule has 1 amide bonds. The minimum absolute atomic E-state index is 0.151. The summed E-state index contributed by atoms with van der Waals surface area (Å²) in [5.41, 5.74) is 0. The molecule has 0 aliphatic rings. The fourth-order valence-electron chi connectivity index (χ4n) is 2.00. The quantitative estimate of drug-likeness (QED) is 0.796. The van der Waals surface area contributed by atoms with E-state index in [0.717, 1.165) is 6.54 Å². The smallest absolute Gasteiger partial charge is 0.260 e. The molecule has 0 unspecified atom stereocenters. The third-order valence-corrected chi connectivity index (χ3v) is 3.48. The zero-order valence-corrected chi connectivity index (χ0v) is 14.4. The molecule has 0 aliphatic carbocycles. The summed E-state index contributed by atoms with van der Waals surface area (Å²) in [4.78, 5) is 13.4. The van der Waals surface area contributed by atoms with Crippen molar-refractivity contribution < 1.29 is 14.4 Å². The molecule has 0 fully saturated rings. The minimum atomic E-state index is -0.609. The fraction of sp³-hybridized carbons (Fsp3) is 0.533. The monoisotopic (exact) mass is 333 g/mol. The van der Waals surface area contributed by atoms with Gasteiger partial charge in [0.2, 0.25) is 0 Å². The van der Waals surface area contributed by atoms with E-state index in [-0.39, 0.29) is 5.91 Å². The zero-order chi connectivity index (χ0) is 16.0. The second-order valence-electron chi connectivity index (χ2n) is 5.60. The lowest BCUT2D eigenvalue weighted by Gasteiger charge is -2.18. The third-order valence-electron chi connectivity index (χ3n) is 2.95. The number of halogens is 2. The Morgan fingerprint density at radius 3 is 2.57 bits per heavy atom. The highest BCUT2D eigenvalue weighted by Gasteiger charge is 2.17. The molecule has 1 aromatic carbocycles. The number of carbonyl (C=O) groups is 1. The molecular formula is C15H23Cl2N2O2+. The van der Waals surface area contributed by atoms with E-state index < -0.39 is 6.10 Å². The van der Waals surface area contributed by atoms with Crippen molar-refractivity contribution >= 4 is 29.1 Å². The summed E-state index contributed by atoms with van der Waals surface area (Å²) in [6, 6.07) is 4.92. The van der Waals surface area contributed by atoms with Gasteiger partial charge in [-0.15, -0.1) is 0 Å². The maximum Gasteiger partial charge on any atom is 0.260 e. The predicted molar refractivity (Wildman–Crippen MR) is 86.4 cm³/mol. The molecule has 0 saturated heterocycles. The number of carbonyl (C=O) groups excluding carboxylic acids is 1. The highest BCUT2D eigenvalue weighted by atomic mass is 35.5. The van der Waals surface area contributed by atoms with Crippen LogP contribution in [0.25, 0.3) is 0 Å². The Morgan fingerprint density at radius 2 is 2.00 bits per heavy atom. The maximum atomic E-state index is 12.0. The van der Waals surface area contributed by atoms with Crippen LogP contribution in [0.2, 0.25) is 10.0 Å². The van der Waals surface area contributed by atoms with Gasteiger partial charge >= 0.3 is 0 Å². The molecular weight excluding hydrogens is 311 g/mol. The molecule has 2 atom stereocenters. The van der Waals surface area contributed by atoms with Gasteiger partial charge in [-0.3, -0.25) is 4.79 Å². The van der Waals surface area contributed by atoms with Crippen molar-refractivity contribution in [1.82, 2.24) is 5.32 Å². The first-order valence-electron chi connectivity index (χ1n) is 6.98. The Bertz CT molecular complexity index is 481. The summed E-state index contributed by atoms with van der Waals surface area (Å²) in [6.45, 7) is 5.43. The van der Waals surface area contributed by atoms with Crippen LogP contribution in [0.1, 0.15) is 13.8 Å². The van der Waals surface area contributed by atoms with Crippen LogP contribution >= 0.6 is 23.2 Å². The lowest BCUT2D eigenvalue weighted by molar-refractivity contribution is -0.861. The maximum absolute atomic E-state index is 12.0. The van der Waals surface area contributed by atoms with Gasteiger partial charge in [0.1, 0.15) is 5.75 Å². The van der Waals surface area contributed by atoms with Gasteiger partial charge in [0.25, 0.3) is 5.91 Å². The first-order chi connectivity index (χ1) is 9.79. The van der Waals surface area contributed by atoms with Crippen LogP contribution < -0.4 is 15.0 Å². The van der Waals surface area contributed by atoms with Crippen molar-refractivity contribution in [2.45, 2.75) is 20.0 Å². The van der Waals surface area contributed by atoms with Gasteiger partial charge in [-0.05, 0) is 25.1 Å². The zero-order valence-electron chi connectivity index (χ0n) is 12.9. The topological polar surface area (TPSA) is 42.8 Å². The summed E-state index contributed by atoms with van der Waals surface area (Å²) in [5, 5.41) is 3.82. The Hall–Kier alpha value is -0.970. The van der Waals surface area contributed by atoms with Crippen molar-refractivity contribution in [3.8, 4) is 5.75 Å². The molecule has 1 aromatic rings. The van der Waals surface area contributed by atoms with E-state index in [4.69, 9.17) is 27.9 Å². The molecule has 1 rings (SSSR count). The van der Waals surface area contributed by atoms with Crippen LogP contribution in [-0.2, 0) is 4.79 Å². The van der Waals surface area contributed by atoms with Crippen LogP contribution in [-0.4, -0.2) is 39.2 Å². The lowest BCUT2D eigenvalue weighted by atomic mass is 10.1. The molecule has 0 spiro atoms. The highest BCUT2D eigenvalue weighted by molar-refractivity contribution is 6.35. The van der Waals surface area contributed by atoms with Gasteiger partial charge < -0.3 is 15.0 Å². The average Bonchev–Trinajstić information content (AvgIpc) is 2.38. The molecule has 0 saturated carbocycles. The number of hydrogen-bond acceptors (Lipinski definition) is 2. The fourth-order valence-corrected chi connectivity index (χ4v) is 2.46. The number of amides is 1. The second kappa shape index (κ2) is 8.47. The van der Waals surface area contributed by atoms with Crippen molar-refractivity contribution in [2.75, 3.05) is 27.2 Å².